The first kappa shape index (κ1) is 16.8. The zero-order chi connectivity index (χ0) is 13.2. The number of halogens is 1. The molecule has 7 heteroatoms. The maximum atomic E-state index is 12.3. The zero-order valence-electron chi connectivity index (χ0n) is 10.7. The molecule has 19 heavy (non-hydrogen) atoms. The van der Waals surface area contributed by atoms with Crippen molar-refractivity contribution in [3.05, 3.63) is 24.3 Å². The Morgan fingerprint density at radius 3 is 2.58 bits per heavy atom. The summed E-state index contributed by atoms with van der Waals surface area (Å²) >= 11 is 1.43. The van der Waals surface area contributed by atoms with Crippen molar-refractivity contribution in [1.82, 2.24) is 4.72 Å². The van der Waals surface area contributed by atoms with Crippen molar-refractivity contribution < 1.29 is 8.42 Å². The lowest BCUT2D eigenvalue weighted by Gasteiger charge is -2.17. The Hall–Kier alpha value is -0.270. The Balaban J connectivity index is 0.00000180. The molecule has 1 saturated carbocycles. The van der Waals surface area contributed by atoms with Crippen molar-refractivity contribution in [2.45, 2.75) is 28.7 Å². The second-order valence-electron chi connectivity index (χ2n) is 4.45. The van der Waals surface area contributed by atoms with Crippen LogP contribution in [0.4, 0.5) is 0 Å². The lowest BCUT2D eigenvalue weighted by Crippen LogP contribution is -2.41. The molecule has 0 spiro atoms. The van der Waals surface area contributed by atoms with E-state index in [-0.39, 0.29) is 18.4 Å². The highest BCUT2D eigenvalue weighted by Gasteiger charge is 2.33. The molecule has 4 nitrogen and oxygen atoms in total. The Morgan fingerprint density at radius 2 is 2.05 bits per heavy atom. The van der Waals surface area contributed by atoms with E-state index in [1.807, 2.05) is 18.4 Å². The number of nitrogens with two attached hydrogens (primary N) is 1. The van der Waals surface area contributed by atoms with Crippen LogP contribution >= 0.6 is 24.2 Å². The third-order valence-corrected chi connectivity index (χ3v) is 5.58. The highest BCUT2D eigenvalue weighted by molar-refractivity contribution is 7.99. The van der Waals surface area contributed by atoms with Crippen LogP contribution in [-0.4, -0.2) is 27.3 Å². The Bertz CT molecular complexity index is 518. The van der Waals surface area contributed by atoms with E-state index in [1.165, 1.54) is 11.8 Å². The molecule has 0 aromatic heterocycles. The quantitative estimate of drug-likeness (QED) is 0.784. The first-order chi connectivity index (χ1) is 8.58. The molecular formula is C12H19ClN2O2S2. The second-order valence-corrected chi connectivity index (χ2v) is 6.98. The average molecular weight is 323 g/mol. The Labute approximate surface area is 125 Å². The van der Waals surface area contributed by atoms with Gasteiger partial charge >= 0.3 is 0 Å². The van der Waals surface area contributed by atoms with E-state index < -0.39 is 10.0 Å². The minimum atomic E-state index is -3.47. The van der Waals surface area contributed by atoms with Crippen LogP contribution in [0, 0.1) is 5.92 Å². The van der Waals surface area contributed by atoms with Crippen LogP contribution in [0.3, 0.4) is 0 Å². The van der Waals surface area contributed by atoms with E-state index in [9.17, 15) is 8.42 Å². The molecule has 1 aromatic rings. The van der Waals surface area contributed by atoms with Crippen molar-refractivity contribution in [1.29, 1.82) is 0 Å². The van der Waals surface area contributed by atoms with Gasteiger partial charge in [-0.15, -0.1) is 24.2 Å². The number of thioether (sulfide) groups is 1. The van der Waals surface area contributed by atoms with E-state index >= 15 is 0 Å². The average Bonchev–Trinajstić information content (AvgIpc) is 3.20. The molecule has 3 N–H and O–H groups in total. The predicted molar refractivity (Wildman–Crippen MR) is 81.4 cm³/mol. The van der Waals surface area contributed by atoms with Crippen molar-refractivity contribution in [2.75, 3.05) is 12.8 Å². The van der Waals surface area contributed by atoms with Gasteiger partial charge in [0.15, 0.2) is 0 Å². The van der Waals surface area contributed by atoms with Crippen LogP contribution < -0.4 is 10.5 Å². The number of sulfonamides is 1. The van der Waals surface area contributed by atoms with Gasteiger partial charge in [0.25, 0.3) is 0 Å². The van der Waals surface area contributed by atoms with Crippen LogP contribution in [0.1, 0.15) is 12.8 Å². The van der Waals surface area contributed by atoms with Crippen LogP contribution in [0.25, 0.3) is 0 Å². The molecule has 0 saturated heterocycles. The molecule has 1 aliphatic rings. The molecule has 2 rings (SSSR count). The third-order valence-electron chi connectivity index (χ3n) is 3.11. The van der Waals surface area contributed by atoms with Crippen molar-refractivity contribution in [2.24, 2.45) is 11.7 Å². The van der Waals surface area contributed by atoms with Crippen molar-refractivity contribution in [3.63, 3.8) is 0 Å². The van der Waals surface area contributed by atoms with Crippen LogP contribution in [0.5, 0.6) is 0 Å². The first-order valence-corrected chi connectivity index (χ1v) is 8.64. The molecule has 0 heterocycles. The fourth-order valence-electron chi connectivity index (χ4n) is 1.94. The summed E-state index contributed by atoms with van der Waals surface area (Å²) < 4.78 is 27.4. The van der Waals surface area contributed by atoms with Gasteiger partial charge in [0, 0.05) is 17.5 Å². The summed E-state index contributed by atoms with van der Waals surface area (Å²) in [6.45, 7) is 0.353. The summed E-state index contributed by atoms with van der Waals surface area (Å²) in [6.07, 6.45) is 4.00. The van der Waals surface area contributed by atoms with Crippen LogP contribution in [-0.2, 0) is 10.0 Å². The van der Waals surface area contributed by atoms with Crippen LogP contribution in [0.15, 0.2) is 34.1 Å². The lowest BCUT2D eigenvalue weighted by molar-refractivity contribution is 0.518. The van der Waals surface area contributed by atoms with E-state index in [1.54, 1.807) is 12.1 Å². The van der Waals surface area contributed by atoms with Crippen molar-refractivity contribution >= 4 is 34.2 Å². The first-order valence-electron chi connectivity index (χ1n) is 5.94. The van der Waals surface area contributed by atoms with Crippen molar-refractivity contribution in [3.8, 4) is 0 Å². The molecule has 0 bridgehead atoms. The van der Waals surface area contributed by atoms with Gasteiger partial charge in [-0.05, 0) is 37.1 Å². The molecule has 0 amide bonds. The fraction of sp³-hybridized carbons (Fsp3) is 0.500. The molecular weight excluding hydrogens is 304 g/mol. The summed E-state index contributed by atoms with van der Waals surface area (Å²) in [4.78, 5) is 1.10. The highest BCUT2D eigenvalue weighted by Crippen LogP contribution is 2.33. The van der Waals surface area contributed by atoms with Gasteiger partial charge in [0.05, 0.1) is 4.90 Å². The normalized spacial score (nSPS) is 16.7. The number of benzene rings is 1. The molecule has 108 valence electrons. The summed E-state index contributed by atoms with van der Waals surface area (Å²) in [5.74, 6) is 0.409. The summed E-state index contributed by atoms with van der Waals surface area (Å²) in [5, 5.41) is 0. The summed E-state index contributed by atoms with van der Waals surface area (Å²) in [7, 11) is -3.47. The number of nitrogens with one attached hydrogen (secondary N) is 1. The summed E-state index contributed by atoms with van der Waals surface area (Å²) in [5.41, 5.74) is 5.64. The van der Waals surface area contributed by atoms with Gasteiger partial charge < -0.3 is 5.73 Å². The smallest absolute Gasteiger partial charge is 0.241 e. The highest BCUT2D eigenvalue weighted by atomic mass is 35.5. The largest absolute Gasteiger partial charge is 0.329 e. The topological polar surface area (TPSA) is 72.2 Å². The molecule has 1 atom stereocenters. The molecule has 0 aliphatic heterocycles. The maximum Gasteiger partial charge on any atom is 0.241 e. The lowest BCUT2D eigenvalue weighted by atomic mass is 10.2. The standard InChI is InChI=1S/C12H18N2O2S2.ClH/c1-17-11-4-2-3-5-12(11)18(15,16)14-10(8-13)9-6-7-9;/h2-5,9-10,14H,6-8,13H2,1H3;1H. The van der Waals surface area contributed by atoms with E-state index in [2.05, 4.69) is 4.72 Å². The minimum Gasteiger partial charge on any atom is -0.329 e. The number of rotatable bonds is 6. The van der Waals surface area contributed by atoms with Gasteiger partial charge in [0.2, 0.25) is 10.0 Å². The molecule has 1 fully saturated rings. The fourth-order valence-corrected chi connectivity index (χ4v) is 4.41. The zero-order valence-corrected chi connectivity index (χ0v) is 13.2. The predicted octanol–water partition coefficient (Wildman–Crippen LogP) is 1.85. The summed E-state index contributed by atoms with van der Waals surface area (Å²) in [6, 6.07) is 6.89. The molecule has 1 aliphatic carbocycles. The maximum absolute atomic E-state index is 12.3. The van der Waals surface area contributed by atoms with Gasteiger partial charge in [-0.25, -0.2) is 13.1 Å². The number of hydrogen-bond donors (Lipinski definition) is 2. The molecule has 1 unspecified atom stereocenters. The SMILES string of the molecule is CSc1ccccc1S(=O)(=O)NC(CN)C1CC1.Cl. The molecule has 1 aromatic carbocycles. The second kappa shape index (κ2) is 6.95. The van der Waals surface area contributed by atoms with E-state index in [0.29, 0.717) is 17.4 Å². The Morgan fingerprint density at radius 1 is 1.42 bits per heavy atom. The third kappa shape index (κ3) is 4.10. The van der Waals surface area contributed by atoms with Gasteiger partial charge in [-0.1, -0.05) is 12.1 Å². The Kier molecular flexibility index (Phi) is 6.14. The minimum absolute atomic E-state index is 0. The van der Waals surface area contributed by atoms with Gasteiger partial charge in [-0.3, -0.25) is 0 Å². The van der Waals surface area contributed by atoms with Gasteiger partial charge in [0.1, 0.15) is 0 Å². The monoisotopic (exact) mass is 322 g/mol. The molecule has 0 radical (unpaired) electrons. The van der Waals surface area contributed by atoms with Gasteiger partial charge in [-0.2, -0.15) is 0 Å². The van der Waals surface area contributed by atoms with E-state index in [0.717, 1.165) is 17.7 Å². The number of hydrogen-bond acceptors (Lipinski definition) is 4. The van der Waals surface area contributed by atoms with Crippen LogP contribution in [0.2, 0.25) is 0 Å². The van der Waals surface area contributed by atoms with E-state index in [4.69, 9.17) is 5.73 Å².